The Morgan fingerprint density at radius 1 is 0.487 bits per heavy atom. The maximum atomic E-state index is 6.02. The zero-order valence-corrected chi connectivity index (χ0v) is 22.6. The second kappa shape index (κ2) is 11.6. The summed E-state index contributed by atoms with van der Waals surface area (Å²) in [4.78, 5) is 9.61. The first kappa shape index (κ1) is 26.3. The van der Waals surface area contributed by atoms with E-state index in [1.807, 2.05) is 36.4 Å². The van der Waals surface area contributed by atoms with E-state index in [2.05, 4.69) is 59.2 Å². The number of benzene rings is 4. The molecule has 0 unspecified atom stereocenters. The van der Waals surface area contributed by atoms with Crippen LogP contribution in [0.1, 0.15) is 25.7 Å². The Morgan fingerprint density at radius 2 is 0.897 bits per heavy atom. The van der Waals surface area contributed by atoms with Crippen LogP contribution in [0.3, 0.4) is 0 Å². The number of nitrogens with two attached hydrogens (primary N) is 2. The first-order valence-electron chi connectivity index (χ1n) is 13.3. The standard InChI is InChI=1S/C32H32N6.ClH/c33-21-13-15-25-29(19-21)37-27-11-5-3-9-23(27)31(25)35-17-7-1-2-8-18-36-32-24-10-4-6-12-28(24)38-30-20-22(34)14-16-26(30)32;/h3-6,9-16,19-20H,1-2,7-8,17-18,33-34H2,(H,35,37)(H,36,38);1H. The number of nitrogen functional groups attached to an aromatic ring is 2. The van der Waals surface area contributed by atoms with Gasteiger partial charge in [-0.2, -0.15) is 0 Å². The highest BCUT2D eigenvalue weighted by Crippen LogP contribution is 2.33. The molecule has 6 nitrogen and oxygen atoms in total. The van der Waals surface area contributed by atoms with Gasteiger partial charge in [-0.1, -0.05) is 49.2 Å². The fourth-order valence-electron chi connectivity index (χ4n) is 5.23. The van der Waals surface area contributed by atoms with Gasteiger partial charge in [0.05, 0.1) is 33.4 Å². The van der Waals surface area contributed by atoms with E-state index in [-0.39, 0.29) is 12.4 Å². The first-order valence-corrected chi connectivity index (χ1v) is 13.3. The van der Waals surface area contributed by atoms with Crippen molar-refractivity contribution in [3.63, 3.8) is 0 Å². The molecule has 0 radical (unpaired) electrons. The monoisotopic (exact) mass is 536 g/mol. The molecule has 4 aromatic carbocycles. The van der Waals surface area contributed by atoms with Crippen LogP contribution in [0.4, 0.5) is 22.7 Å². The van der Waals surface area contributed by atoms with Crippen LogP contribution >= 0.6 is 12.4 Å². The van der Waals surface area contributed by atoms with Crippen molar-refractivity contribution in [3.05, 3.63) is 84.9 Å². The smallest absolute Gasteiger partial charge is 0.0751 e. The number of aromatic nitrogens is 2. The molecular formula is C32H33ClN6. The van der Waals surface area contributed by atoms with Crippen LogP contribution in [0.25, 0.3) is 43.6 Å². The molecule has 0 fully saturated rings. The normalized spacial score (nSPS) is 11.2. The first-order chi connectivity index (χ1) is 18.7. The van der Waals surface area contributed by atoms with Gasteiger partial charge in [0.15, 0.2) is 0 Å². The van der Waals surface area contributed by atoms with Crippen LogP contribution in [0.5, 0.6) is 0 Å². The Labute approximate surface area is 234 Å². The molecule has 198 valence electrons. The third-order valence-corrected chi connectivity index (χ3v) is 7.12. The van der Waals surface area contributed by atoms with Crippen LogP contribution < -0.4 is 22.1 Å². The Bertz CT molecular complexity index is 1640. The summed E-state index contributed by atoms with van der Waals surface area (Å²) in [7, 11) is 0. The van der Waals surface area contributed by atoms with Crippen molar-refractivity contribution in [1.82, 2.24) is 9.97 Å². The van der Waals surface area contributed by atoms with Crippen molar-refractivity contribution in [1.29, 1.82) is 0 Å². The summed E-state index contributed by atoms with van der Waals surface area (Å²) in [5, 5.41) is 11.9. The van der Waals surface area contributed by atoms with Crippen molar-refractivity contribution in [2.75, 3.05) is 35.2 Å². The van der Waals surface area contributed by atoms with E-state index >= 15 is 0 Å². The van der Waals surface area contributed by atoms with Gasteiger partial charge in [0, 0.05) is 46.0 Å². The number of hydrogen-bond donors (Lipinski definition) is 4. The van der Waals surface area contributed by atoms with E-state index in [1.165, 1.54) is 0 Å². The molecule has 2 heterocycles. The summed E-state index contributed by atoms with van der Waals surface area (Å²) in [5.41, 5.74) is 19.6. The van der Waals surface area contributed by atoms with Crippen LogP contribution in [0.2, 0.25) is 0 Å². The lowest BCUT2D eigenvalue weighted by Crippen LogP contribution is -2.05. The number of nitrogens with zero attached hydrogens (tertiary/aromatic N) is 2. The molecule has 6 aromatic rings. The SMILES string of the molecule is Cl.Nc1ccc2c(NCCCCCCNc3c4ccccc4nc4cc(N)ccc34)c3ccccc3nc2c1. The van der Waals surface area contributed by atoms with Gasteiger partial charge in [-0.3, -0.25) is 0 Å². The predicted octanol–water partition coefficient (Wildman–Crippen LogP) is 7.76. The van der Waals surface area contributed by atoms with Crippen LogP contribution in [0.15, 0.2) is 84.9 Å². The molecule has 0 atom stereocenters. The number of para-hydroxylation sites is 2. The predicted molar refractivity (Wildman–Crippen MR) is 170 cm³/mol. The minimum absolute atomic E-state index is 0. The average Bonchev–Trinajstić information content (AvgIpc) is 2.93. The minimum atomic E-state index is 0. The number of rotatable bonds is 9. The van der Waals surface area contributed by atoms with E-state index in [9.17, 15) is 0 Å². The van der Waals surface area contributed by atoms with Crippen molar-refractivity contribution in [3.8, 4) is 0 Å². The molecule has 0 bridgehead atoms. The minimum Gasteiger partial charge on any atom is -0.399 e. The zero-order chi connectivity index (χ0) is 25.9. The molecule has 0 aliphatic heterocycles. The molecular weight excluding hydrogens is 504 g/mol. The summed E-state index contributed by atoms with van der Waals surface area (Å²) in [6, 6.07) is 28.5. The molecule has 7 heteroatoms. The summed E-state index contributed by atoms with van der Waals surface area (Å²) >= 11 is 0. The highest BCUT2D eigenvalue weighted by molar-refractivity contribution is 6.09. The van der Waals surface area contributed by atoms with E-state index in [4.69, 9.17) is 21.4 Å². The second-order valence-corrected chi connectivity index (χ2v) is 9.83. The van der Waals surface area contributed by atoms with Crippen molar-refractivity contribution in [2.24, 2.45) is 0 Å². The Morgan fingerprint density at radius 3 is 1.36 bits per heavy atom. The summed E-state index contributed by atoms with van der Waals surface area (Å²) in [6.45, 7) is 1.84. The molecule has 0 spiro atoms. The number of halogens is 1. The van der Waals surface area contributed by atoms with E-state index in [0.717, 1.165) is 105 Å². The van der Waals surface area contributed by atoms with E-state index < -0.39 is 0 Å². The van der Waals surface area contributed by atoms with Crippen molar-refractivity contribution >= 4 is 78.8 Å². The lowest BCUT2D eigenvalue weighted by molar-refractivity contribution is 0.671. The van der Waals surface area contributed by atoms with Gasteiger partial charge >= 0.3 is 0 Å². The molecule has 0 saturated heterocycles. The van der Waals surface area contributed by atoms with Crippen LogP contribution in [-0.2, 0) is 0 Å². The van der Waals surface area contributed by atoms with Crippen molar-refractivity contribution in [2.45, 2.75) is 25.7 Å². The largest absolute Gasteiger partial charge is 0.399 e. The summed E-state index contributed by atoms with van der Waals surface area (Å²) < 4.78 is 0. The van der Waals surface area contributed by atoms with Gasteiger partial charge in [0.2, 0.25) is 0 Å². The van der Waals surface area contributed by atoms with Gasteiger partial charge in [0.25, 0.3) is 0 Å². The van der Waals surface area contributed by atoms with Gasteiger partial charge in [-0.05, 0) is 61.4 Å². The molecule has 0 saturated carbocycles. The molecule has 0 amide bonds. The Balaban J connectivity index is 0.00000308. The summed E-state index contributed by atoms with van der Waals surface area (Å²) in [5.74, 6) is 0. The highest BCUT2D eigenvalue weighted by Gasteiger charge is 2.10. The lowest BCUT2D eigenvalue weighted by atomic mass is 10.1. The van der Waals surface area contributed by atoms with E-state index in [1.54, 1.807) is 0 Å². The molecule has 0 aliphatic rings. The van der Waals surface area contributed by atoms with Crippen LogP contribution in [0, 0.1) is 0 Å². The maximum Gasteiger partial charge on any atom is 0.0751 e. The molecule has 2 aromatic heterocycles. The Kier molecular flexibility index (Phi) is 7.84. The summed E-state index contributed by atoms with van der Waals surface area (Å²) in [6.07, 6.45) is 4.54. The van der Waals surface area contributed by atoms with Gasteiger partial charge in [-0.15, -0.1) is 12.4 Å². The highest BCUT2D eigenvalue weighted by atomic mass is 35.5. The fourth-order valence-corrected chi connectivity index (χ4v) is 5.23. The number of anilines is 4. The van der Waals surface area contributed by atoms with Gasteiger partial charge in [0.1, 0.15) is 0 Å². The molecule has 0 aliphatic carbocycles. The second-order valence-electron chi connectivity index (χ2n) is 9.83. The van der Waals surface area contributed by atoms with Gasteiger partial charge in [-0.25, -0.2) is 9.97 Å². The fraction of sp³-hybridized carbons (Fsp3) is 0.188. The number of unbranched alkanes of at least 4 members (excludes halogenated alkanes) is 3. The van der Waals surface area contributed by atoms with Crippen molar-refractivity contribution < 1.29 is 0 Å². The zero-order valence-electron chi connectivity index (χ0n) is 21.8. The number of fused-ring (bicyclic) bond motifs is 4. The van der Waals surface area contributed by atoms with Gasteiger partial charge < -0.3 is 22.1 Å². The quantitative estimate of drug-likeness (QED) is 0.0855. The number of pyridine rings is 2. The van der Waals surface area contributed by atoms with E-state index in [0.29, 0.717) is 0 Å². The number of nitrogens with one attached hydrogen (secondary N) is 2. The molecule has 6 rings (SSSR count). The maximum absolute atomic E-state index is 6.02. The third kappa shape index (κ3) is 5.47. The lowest BCUT2D eigenvalue weighted by Gasteiger charge is -2.14. The Hall–Kier alpha value is -4.29. The molecule has 6 N–H and O–H groups in total. The third-order valence-electron chi connectivity index (χ3n) is 7.12. The topological polar surface area (TPSA) is 102 Å². The number of hydrogen-bond acceptors (Lipinski definition) is 6. The molecule has 39 heavy (non-hydrogen) atoms. The van der Waals surface area contributed by atoms with Crippen LogP contribution in [-0.4, -0.2) is 23.1 Å². The average molecular weight is 537 g/mol.